The van der Waals surface area contributed by atoms with E-state index in [-0.39, 0.29) is 42.6 Å². The lowest BCUT2D eigenvalue weighted by molar-refractivity contribution is -0.138. The Labute approximate surface area is 211 Å². The van der Waals surface area contributed by atoms with Gasteiger partial charge in [-0.15, -0.1) is 0 Å². The van der Waals surface area contributed by atoms with Gasteiger partial charge in [0.2, 0.25) is 11.8 Å². The van der Waals surface area contributed by atoms with Crippen LogP contribution < -0.4 is 21.3 Å². The van der Waals surface area contributed by atoms with Gasteiger partial charge in [-0.05, 0) is 25.3 Å². The number of amides is 3. The molecule has 0 aromatic heterocycles. The van der Waals surface area contributed by atoms with Crippen molar-refractivity contribution in [3.8, 4) is 0 Å². The first-order valence-electron chi connectivity index (χ1n) is 12.4. The topological polar surface area (TPSA) is 141 Å². The van der Waals surface area contributed by atoms with E-state index in [1.807, 2.05) is 37.3 Å². The van der Waals surface area contributed by atoms with Crippen molar-refractivity contribution >= 4 is 29.7 Å². The summed E-state index contributed by atoms with van der Waals surface area (Å²) in [6.07, 6.45) is 0.367. The van der Waals surface area contributed by atoms with Crippen molar-refractivity contribution in [3.63, 3.8) is 0 Å². The van der Waals surface area contributed by atoms with Crippen LogP contribution in [0.2, 0.25) is 0 Å². The van der Waals surface area contributed by atoms with Gasteiger partial charge < -0.3 is 30.9 Å². The van der Waals surface area contributed by atoms with E-state index in [0.717, 1.165) is 24.6 Å². The van der Waals surface area contributed by atoms with Gasteiger partial charge in [0.15, 0.2) is 11.7 Å². The number of aliphatic imine (C=N–C) groups is 1. The molecule has 2 aliphatic heterocycles. The first kappa shape index (κ1) is 27.0. The lowest BCUT2D eigenvalue weighted by Gasteiger charge is -2.33. The molecule has 1 aromatic carbocycles. The molecule has 196 valence electrons. The number of hydrogen-bond donors (Lipinski definition) is 4. The molecule has 36 heavy (non-hydrogen) atoms. The number of rotatable bonds is 10. The molecule has 1 unspecified atom stereocenters. The maximum Gasteiger partial charge on any atom is 0.408 e. The van der Waals surface area contributed by atoms with Crippen LogP contribution in [-0.2, 0) is 25.7 Å². The van der Waals surface area contributed by atoms with E-state index in [0.29, 0.717) is 32.5 Å². The summed E-state index contributed by atoms with van der Waals surface area (Å²) < 4.78 is 5.16. The molecule has 0 radical (unpaired) electrons. The first-order chi connectivity index (χ1) is 17.3. The number of ketones is 1. The van der Waals surface area contributed by atoms with E-state index in [1.165, 1.54) is 6.92 Å². The van der Waals surface area contributed by atoms with Gasteiger partial charge >= 0.3 is 6.09 Å². The Balaban J connectivity index is 1.37. The van der Waals surface area contributed by atoms with E-state index in [2.05, 4.69) is 26.3 Å². The Hall–Kier alpha value is -3.63. The third-order valence-electron chi connectivity index (χ3n) is 6.32. The number of benzene rings is 1. The fourth-order valence-electron chi connectivity index (χ4n) is 4.08. The summed E-state index contributed by atoms with van der Waals surface area (Å²) in [5.41, 5.74) is 0.830. The van der Waals surface area contributed by atoms with Gasteiger partial charge in [0.25, 0.3) is 0 Å². The lowest BCUT2D eigenvalue weighted by atomic mass is 9.94. The van der Waals surface area contributed by atoms with Crippen LogP contribution in [0.25, 0.3) is 0 Å². The van der Waals surface area contributed by atoms with Gasteiger partial charge in [0.05, 0.1) is 12.5 Å². The summed E-state index contributed by atoms with van der Waals surface area (Å²) in [4.78, 5) is 55.6. The van der Waals surface area contributed by atoms with Gasteiger partial charge in [0.1, 0.15) is 12.6 Å². The smallest absolute Gasteiger partial charge is 0.408 e. The summed E-state index contributed by atoms with van der Waals surface area (Å²) >= 11 is 0. The molecule has 4 N–H and O–H groups in total. The number of guanidine groups is 1. The molecule has 1 saturated heterocycles. The van der Waals surface area contributed by atoms with E-state index in [9.17, 15) is 19.2 Å². The Kier molecular flexibility index (Phi) is 10.1. The van der Waals surface area contributed by atoms with E-state index in [4.69, 9.17) is 4.74 Å². The average Bonchev–Trinajstić information content (AvgIpc) is 3.42. The molecule has 11 nitrogen and oxygen atoms in total. The number of Topliss-reactive ketones (excluding diaryl/α,β-unsaturated/α-hetero) is 1. The van der Waals surface area contributed by atoms with Gasteiger partial charge in [0, 0.05) is 38.6 Å². The fraction of sp³-hybridized carbons (Fsp3) is 0.560. The largest absolute Gasteiger partial charge is 0.445 e. The van der Waals surface area contributed by atoms with Crippen molar-refractivity contribution < 1.29 is 23.9 Å². The Morgan fingerprint density at radius 2 is 1.86 bits per heavy atom. The van der Waals surface area contributed by atoms with Crippen LogP contribution in [0.4, 0.5) is 4.79 Å². The minimum Gasteiger partial charge on any atom is -0.445 e. The second-order valence-electron chi connectivity index (χ2n) is 9.15. The maximum absolute atomic E-state index is 12.8. The zero-order valence-corrected chi connectivity index (χ0v) is 20.9. The molecule has 1 aromatic rings. The molecule has 0 bridgehead atoms. The van der Waals surface area contributed by atoms with Crippen molar-refractivity contribution in [1.82, 2.24) is 26.2 Å². The highest BCUT2D eigenvalue weighted by Crippen LogP contribution is 2.19. The van der Waals surface area contributed by atoms with E-state index >= 15 is 0 Å². The number of alkyl carbamates (subject to hydrolysis) is 1. The van der Waals surface area contributed by atoms with Crippen molar-refractivity contribution in [1.29, 1.82) is 0 Å². The van der Waals surface area contributed by atoms with Gasteiger partial charge in [-0.2, -0.15) is 0 Å². The number of carbonyl (C=O) groups excluding carboxylic acids is 4. The number of nitrogens with zero attached hydrogens (tertiary/aromatic N) is 2. The van der Waals surface area contributed by atoms with Crippen molar-refractivity contribution in [2.75, 3.05) is 39.3 Å². The molecule has 2 heterocycles. The Morgan fingerprint density at radius 3 is 2.50 bits per heavy atom. The number of likely N-dealkylation sites (tertiary alicyclic amines) is 1. The first-order valence-corrected chi connectivity index (χ1v) is 12.4. The van der Waals surface area contributed by atoms with Crippen molar-refractivity contribution in [2.45, 2.75) is 39.3 Å². The molecular formula is C25H36N6O5. The minimum atomic E-state index is -0.883. The number of carbonyl (C=O) groups is 4. The number of nitrogens with one attached hydrogen (secondary N) is 4. The Morgan fingerprint density at radius 1 is 1.14 bits per heavy atom. The third kappa shape index (κ3) is 8.24. The van der Waals surface area contributed by atoms with Gasteiger partial charge in [-0.1, -0.05) is 37.3 Å². The molecule has 2 atom stereocenters. The number of ether oxygens (including phenoxy) is 1. The monoisotopic (exact) mass is 500 g/mol. The average molecular weight is 501 g/mol. The van der Waals surface area contributed by atoms with Gasteiger partial charge in [-0.3, -0.25) is 19.4 Å². The molecule has 11 heteroatoms. The summed E-state index contributed by atoms with van der Waals surface area (Å²) in [7, 11) is 0. The highest BCUT2D eigenvalue weighted by molar-refractivity contribution is 5.87. The normalized spacial score (nSPS) is 17.3. The van der Waals surface area contributed by atoms with Crippen LogP contribution in [0.3, 0.4) is 0 Å². The number of piperidine rings is 1. The van der Waals surface area contributed by atoms with Crippen LogP contribution in [0.15, 0.2) is 35.3 Å². The lowest BCUT2D eigenvalue weighted by Crippen LogP contribution is -2.50. The molecule has 3 rings (SSSR count). The molecule has 0 saturated carbocycles. The molecule has 2 aliphatic rings. The van der Waals surface area contributed by atoms with Crippen LogP contribution in [-0.4, -0.2) is 79.9 Å². The minimum absolute atomic E-state index is 0.0195. The maximum atomic E-state index is 12.8. The highest BCUT2D eigenvalue weighted by atomic mass is 16.5. The highest BCUT2D eigenvalue weighted by Gasteiger charge is 2.30. The summed E-state index contributed by atoms with van der Waals surface area (Å²) in [6.45, 7) is 6.34. The van der Waals surface area contributed by atoms with Gasteiger partial charge in [-0.25, -0.2) is 4.79 Å². The predicted octanol–water partition coefficient (Wildman–Crippen LogP) is 0.410. The van der Waals surface area contributed by atoms with Crippen LogP contribution in [0.5, 0.6) is 0 Å². The van der Waals surface area contributed by atoms with Crippen LogP contribution in [0, 0.1) is 11.8 Å². The van der Waals surface area contributed by atoms with E-state index < -0.39 is 12.1 Å². The standard InChI is InChI=1S/C25H36N6O5/c1-17(14-29-24-26-10-11-27-24)23(34)31-12-8-20(9-13-31)22(33)28-15-21(18(2)32)30-25(35)36-16-19-6-4-3-5-7-19/h3-7,17,20-21H,8-16H2,1-2H3,(H,28,33)(H,30,35)(H2,26,27,29)/t17?,21-/m0/s1. The van der Waals surface area contributed by atoms with Crippen molar-refractivity contribution in [2.24, 2.45) is 16.8 Å². The molecule has 1 fully saturated rings. The second kappa shape index (κ2) is 13.5. The van der Waals surface area contributed by atoms with E-state index in [1.54, 1.807) is 4.90 Å². The fourth-order valence-corrected chi connectivity index (χ4v) is 4.08. The second-order valence-corrected chi connectivity index (χ2v) is 9.15. The van der Waals surface area contributed by atoms with Crippen LogP contribution >= 0.6 is 0 Å². The quantitative estimate of drug-likeness (QED) is 0.365. The summed E-state index contributed by atoms with van der Waals surface area (Å²) in [5, 5.41) is 11.6. The molecule has 3 amide bonds. The molecule has 0 aliphatic carbocycles. The Bertz CT molecular complexity index is 946. The molecular weight excluding hydrogens is 464 g/mol. The molecule has 0 spiro atoms. The van der Waals surface area contributed by atoms with Crippen LogP contribution in [0.1, 0.15) is 32.3 Å². The summed E-state index contributed by atoms with van der Waals surface area (Å²) in [5.74, 6) is -0.147. The number of hydrogen-bond acceptors (Lipinski definition) is 8. The summed E-state index contributed by atoms with van der Waals surface area (Å²) in [6, 6.07) is 8.32. The third-order valence-corrected chi connectivity index (χ3v) is 6.32. The van der Waals surface area contributed by atoms with Crippen molar-refractivity contribution in [3.05, 3.63) is 35.9 Å². The zero-order valence-electron chi connectivity index (χ0n) is 20.9. The zero-order chi connectivity index (χ0) is 25.9. The SMILES string of the molecule is CC(=O)[C@H](CNC(=O)C1CCN(C(=O)C(C)CNC2=NCCN2)CC1)NC(=O)OCc1ccccc1. The predicted molar refractivity (Wildman–Crippen MR) is 134 cm³/mol.